The summed E-state index contributed by atoms with van der Waals surface area (Å²) in [5.74, 6) is -0.338. The fourth-order valence-electron chi connectivity index (χ4n) is 4.46. The largest absolute Gasteiger partial charge is 0.444 e. The topological polar surface area (TPSA) is 79.0 Å². The van der Waals surface area contributed by atoms with Crippen molar-refractivity contribution in [3.63, 3.8) is 0 Å². The number of ether oxygens (including phenoxy) is 1. The van der Waals surface area contributed by atoms with Crippen LogP contribution in [0.15, 0.2) is 36.9 Å². The Kier molecular flexibility index (Phi) is 9.52. The summed E-state index contributed by atoms with van der Waals surface area (Å²) in [4.78, 5) is 44.0. The Morgan fingerprint density at radius 3 is 2.43 bits per heavy atom. The zero-order valence-corrected chi connectivity index (χ0v) is 22.5. The summed E-state index contributed by atoms with van der Waals surface area (Å²) in [5, 5.41) is 2.72. The number of nitrogens with one attached hydrogen (secondary N) is 1. The molecule has 0 saturated carbocycles. The summed E-state index contributed by atoms with van der Waals surface area (Å²) in [5.41, 5.74) is -0.476. The van der Waals surface area contributed by atoms with Gasteiger partial charge < -0.3 is 14.5 Å². The molecule has 0 aliphatic carbocycles. The molecule has 1 aliphatic heterocycles. The van der Waals surface area contributed by atoms with Gasteiger partial charge >= 0.3 is 6.09 Å². The number of likely N-dealkylation sites (tertiary alicyclic amines) is 1. The number of rotatable bonds is 8. The Bertz CT molecular complexity index is 914. The first-order valence-electron chi connectivity index (χ1n) is 12.6. The van der Waals surface area contributed by atoms with Crippen molar-refractivity contribution in [3.05, 3.63) is 42.5 Å². The predicted octanol–water partition coefficient (Wildman–Crippen LogP) is 5.87. The molecule has 0 radical (unpaired) electrons. The maximum atomic E-state index is 14.0. The number of carbonyl (C=O) groups excluding carboxylic acids is 3. The molecule has 1 aromatic carbocycles. The Morgan fingerprint density at radius 1 is 1.20 bits per heavy atom. The lowest BCUT2D eigenvalue weighted by Gasteiger charge is -2.42. The average molecular weight is 486 g/mol. The van der Waals surface area contributed by atoms with E-state index in [-0.39, 0.29) is 17.9 Å². The number of benzene rings is 1. The first-order chi connectivity index (χ1) is 16.3. The lowest BCUT2D eigenvalue weighted by Crippen LogP contribution is -2.57. The van der Waals surface area contributed by atoms with Gasteiger partial charge in [-0.2, -0.15) is 0 Å². The first kappa shape index (κ1) is 28.4. The second-order valence-corrected chi connectivity index (χ2v) is 11.3. The average Bonchev–Trinajstić information content (AvgIpc) is 3.23. The van der Waals surface area contributed by atoms with Crippen LogP contribution in [0.3, 0.4) is 0 Å². The molecule has 7 nitrogen and oxygen atoms in total. The van der Waals surface area contributed by atoms with Crippen molar-refractivity contribution in [1.29, 1.82) is 0 Å². The van der Waals surface area contributed by atoms with E-state index in [1.54, 1.807) is 49.9 Å². The molecule has 3 amide bonds. The van der Waals surface area contributed by atoms with Crippen molar-refractivity contribution >= 4 is 23.6 Å². The first-order valence-corrected chi connectivity index (χ1v) is 12.6. The highest BCUT2D eigenvalue weighted by Crippen LogP contribution is 2.32. The van der Waals surface area contributed by atoms with E-state index < -0.39 is 23.2 Å². The molecule has 2 atom stereocenters. The monoisotopic (exact) mass is 485 g/mol. The van der Waals surface area contributed by atoms with Gasteiger partial charge in [0.25, 0.3) is 5.91 Å². The number of unbranched alkanes of at least 4 members (excludes halogenated alkanes) is 1. The van der Waals surface area contributed by atoms with Crippen LogP contribution in [0.25, 0.3) is 0 Å². The third kappa shape index (κ3) is 7.58. The van der Waals surface area contributed by atoms with Crippen LogP contribution in [-0.2, 0) is 9.53 Å². The van der Waals surface area contributed by atoms with E-state index >= 15 is 0 Å². The Hall–Kier alpha value is -2.83. The smallest absolute Gasteiger partial charge is 0.412 e. The van der Waals surface area contributed by atoms with E-state index in [1.807, 2.05) is 31.7 Å². The molecule has 194 valence electrons. The van der Waals surface area contributed by atoms with Crippen molar-refractivity contribution < 1.29 is 19.1 Å². The van der Waals surface area contributed by atoms with Crippen LogP contribution in [0.4, 0.5) is 10.5 Å². The predicted molar refractivity (Wildman–Crippen MR) is 140 cm³/mol. The molecule has 1 N–H and O–H groups in total. The highest BCUT2D eigenvalue weighted by Gasteiger charge is 2.43. The van der Waals surface area contributed by atoms with Crippen LogP contribution < -0.4 is 5.32 Å². The fourth-order valence-corrected chi connectivity index (χ4v) is 4.46. The molecular weight excluding hydrogens is 442 g/mol. The lowest BCUT2D eigenvalue weighted by molar-refractivity contribution is -0.140. The Morgan fingerprint density at radius 2 is 1.86 bits per heavy atom. The summed E-state index contributed by atoms with van der Waals surface area (Å²) < 4.78 is 5.39. The van der Waals surface area contributed by atoms with Crippen LogP contribution in [0, 0.1) is 5.41 Å². The van der Waals surface area contributed by atoms with Gasteiger partial charge in [0.1, 0.15) is 11.6 Å². The summed E-state index contributed by atoms with van der Waals surface area (Å²) in [6.07, 6.45) is 4.64. The summed E-state index contributed by atoms with van der Waals surface area (Å²) >= 11 is 0. The van der Waals surface area contributed by atoms with Gasteiger partial charge in [0.15, 0.2) is 0 Å². The van der Waals surface area contributed by atoms with Crippen LogP contribution in [0.5, 0.6) is 0 Å². The quantitative estimate of drug-likeness (QED) is 0.467. The molecule has 1 aromatic rings. The second kappa shape index (κ2) is 11.7. The van der Waals surface area contributed by atoms with Gasteiger partial charge in [-0.25, -0.2) is 4.79 Å². The van der Waals surface area contributed by atoms with Crippen molar-refractivity contribution in [1.82, 2.24) is 9.80 Å². The molecule has 7 heteroatoms. The van der Waals surface area contributed by atoms with E-state index in [1.165, 1.54) is 0 Å². The molecule has 2 unspecified atom stereocenters. The number of anilines is 1. The summed E-state index contributed by atoms with van der Waals surface area (Å²) in [6, 6.07) is 6.20. The minimum absolute atomic E-state index is 0.0170. The van der Waals surface area contributed by atoms with Gasteiger partial charge in [0, 0.05) is 19.1 Å². The normalized spacial score (nSPS) is 17.0. The number of hydrogen-bond acceptors (Lipinski definition) is 4. The van der Waals surface area contributed by atoms with E-state index in [0.717, 1.165) is 25.7 Å². The van der Waals surface area contributed by atoms with E-state index in [9.17, 15) is 14.4 Å². The summed E-state index contributed by atoms with van der Waals surface area (Å²) in [6.45, 7) is 18.4. The molecule has 2 rings (SSSR count). The van der Waals surface area contributed by atoms with Gasteiger partial charge in [-0.1, -0.05) is 52.3 Å². The molecule has 0 spiro atoms. The zero-order valence-electron chi connectivity index (χ0n) is 22.5. The number of nitrogens with zero attached hydrogens (tertiary/aromatic N) is 2. The number of carbonyl (C=O) groups is 3. The van der Waals surface area contributed by atoms with Gasteiger partial charge in [0.05, 0.1) is 11.3 Å². The van der Waals surface area contributed by atoms with Crippen molar-refractivity contribution in [2.45, 2.75) is 91.8 Å². The molecule has 0 bridgehead atoms. The van der Waals surface area contributed by atoms with Gasteiger partial charge in [-0.3, -0.25) is 14.9 Å². The highest BCUT2D eigenvalue weighted by molar-refractivity contribution is 6.04. The molecule has 1 fully saturated rings. The van der Waals surface area contributed by atoms with Crippen LogP contribution >= 0.6 is 0 Å². The summed E-state index contributed by atoms with van der Waals surface area (Å²) in [7, 11) is 0. The number of hydrogen-bond donors (Lipinski definition) is 1. The minimum Gasteiger partial charge on any atom is -0.444 e. The third-order valence-corrected chi connectivity index (χ3v) is 6.03. The van der Waals surface area contributed by atoms with E-state index in [0.29, 0.717) is 24.3 Å². The van der Waals surface area contributed by atoms with Crippen molar-refractivity contribution in [2.24, 2.45) is 5.41 Å². The molecular formula is C28H43N3O4. The van der Waals surface area contributed by atoms with Gasteiger partial charge in [-0.05, 0) is 57.6 Å². The number of amides is 3. The molecule has 35 heavy (non-hydrogen) atoms. The maximum absolute atomic E-state index is 14.0. The van der Waals surface area contributed by atoms with Gasteiger partial charge in [0.2, 0.25) is 5.91 Å². The van der Waals surface area contributed by atoms with Crippen LogP contribution in [0.2, 0.25) is 0 Å². The zero-order chi connectivity index (χ0) is 26.4. The van der Waals surface area contributed by atoms with Gasteiger partial charge in [-0.15, -0.1) is 6.58 Å². The third-order valence-electron chi connectivity index (χ3n) is 6.03. The van der Waals surface area contributed by atoms with Crippen molar-refractivity contribution in [2.75, 3.05) is 18.4 Å². The van der Waals surface area contributed by atoms with Crippen LogP contribution in [-0.4, -0.2) is 58.5 Å². The molecule has 1 heterocycles. The fraction of sp³-hybridized carbons (Fsp3) is 0.607. The molecule has 1 saturated heterocycles. The second-order valence-electron chi connectivity index (χ2n) is 11.3. The lowest BCUT2D eigenvalue weighted by atomic mass is 9.83. The minimum atomic E-state index is -0.669. The standard InChI is InChI=1S/C28H43N3O4/c1-9-11-18-31(23(27(3,4)5)25(33)30-19-14-15-20(30)10-2)24(32)21-16-12-13-17-22(21)29-26(34)35-28(6,7)8/h10,12-13,16-17,20,23H,2,9,11,14-15,18-19H2,1,3-8H3,(H,29,34). The Balaban J connectivity index is 2.46. The molecule has 1 aliphatic rings. The highest BCUT2D eigenvalue weighted by atomic mass is 16.6. The van der Waals surface area contributed by atoms with Crippen LogP contribution in [0.1, 0.15) is 84.5 Å². The van der Waals surface area contributed by atoms with E-state index in [2.05, 4.69) is 18.8 Å². The van der Waals surface area contributed by atoms with E-state index in [4.69, 9.17) is 4.74 Å². The SMILES string of the molecule is C=CC1CCCN1C(=O)C(N(CCCC)C(=O)c1ccccc1NC(=O)OC(C)(C)C)C(C)(C)C. The molecule has 0 aromatic heterocycles. The Labute approximate surface area is 210 Å². The number of para-hydroxylation sites is 1. The van der Waals surface area contributed by atoms with Crippen molar-refractivity contribution in [3.8, 4) is 0 Å². The maximum Gasteiger partial charge on any atom is 0.412 e.